The fourth-order valence-electron chi connectivity index (χ4n) is 1.28. The van der Waals surface area contributed by atoms with Crippen molar-refractivity contribution in [3.63, 3.8) is 0 Å². The van der Waals surface area contributed by atoms with Crippen LogP contribution in [-0.2, 0) is 11.3 Å². The van der Waals surface area contributed by atoms with E-state index in [4.69, 9.17) is 4.74 Å². The normalized spacial score (nSPS) is 14.7. The van der Waals surface area contributed by atoms with Crippen molar-refractivity contribution in [1.82, 2.24) is 0 Å². The highest BCUT2D eigenvalue weighted by Gasteiger charge is 2.08. The topological polar surface area (TPSA) is 21.6 Å². The van der Waals surface area contributed by atoms with Crippen LogP contribution in [-0.4, -0.2) is 5.90 Å². The summed E-state index contributed by atoms with van der Waals surface area (Å²) in [6, 6.07) is 6.24. The van der Waals surface area contributed by atoms with Crippen molar-refractivity contribution in [3.05, 3.63) is 29.3 Å². The predicted molar refractivity (Wildman–Crippen MR) is 48.7 cm³/mol. The van der Waals surface area contributed by atoms with Crippen molar-refractivity contribution in [2.75, 3.05) is 0 Å². The number of aliphatic imine (C=N–C) groups is 1. The number of fused-ring (bicyclic) bond motifs is 1. The van der Waals surface area contributed by atoms with E-state index in [1.165, 1.54) is 11.1 Å². The van der Waals surface area contributed by atoms with E-state index in [1.54, 1.807) is 0 Å². The Morgan fingerprint density at radius 3 is 3.00 bits per heavy atom. The number of ether oxygens (including phenoxy) is 1. The van der Waals surface area contributed by atoms with Gasteiger partial charge in [0.15, 0.2) is 5.90 Å². The van der Waals surface area contributed by atoms with Crippen LogP contribution in [0.2, 0.25) is 0 Å². The molecule has 0 spiro atoms. The van der Waals surface area contributed by atoms with Crippen LogP contribution in [0, 0.1) is 6.92 Å². The molecule has 0 radical (unpaired) electrons. The second-order valence-electron chi connectivity index (χ2n) is 3.05. The van der Waals surface area contributed by atoms with Crippen LogP contribution in [0.4, 0.5) is 5.69 Å². The molecule has 2 heteroatoms. The summed E-state index contributed by atoms with van der Waals surface area (Å²) in [6.07, 6.45) is 0. The van der Waals surface area contributed by atoms with Gasteiger partial charge >= 0.3 is 0 Å². The number of rotatable bonds is 0. The highest BCUT2D eigenvalue weighted by molar-refractivity contribution is 5.79. The standard InChI is InChI=1S/C10H11NO/c1-7-3-4-9-6-12-8(2)11-10(9)5-7/h3-5H,6H2,1-2H3. The van der Waals surface area contributed by atoms with E-state index < -0.39 is 0 Å². The predicted octanol–water partition coefficient (Wildman–Crippen LogP) is 2.58. The molecule has 0 N–H and O–H groups in total. The average molecular weight is 161 g/mol. The molecule has 0 saturated carbocycles. The van der Waals surface area contributed by atoms with Gasteiger partial charge in [-0.05, 0) is 18.6 Å². The first-order valence-corrected chi connectivity index (χ1v) is 4.03. The van der Waals surface area contributed by atoms with Gasteiger partial charge in [-0.1, -0.05) is 12.1 Å². The molecule has 2 rings (SSSR count). The maximum atomic E-state index is 5.29. The van der Waals surface area contributed by atoms with Crippen LogP contribution in [0.3, 0.4) is 0 Å². The smallest absolute Gasteiger partial charge is 0.185 e. The molecule has 1 aliphatic rings. The monoisotopic (exact) mass is 161 g/mol. The molecule has 0 aliphatic carbocycles. The first-order chi connectivity index (χ1) is 5.75. The third kappa shape index (κ3) is 1.20. The van der Waals surface area contributed by atoms with Crippen LogP contribution < -0.4 is 0 Å². The van der Waals surface area contributed by atoms with Crippen molar-refractivity contribution in [1.29, 1.82) is 0 Å². The van der Waals surface area contributed by atoms with Crippen LogP contribution in [0.15, 0.2) is 23.2 Å². The Bertz CT molecular complexity index is 342. The summed E-state index contributed by atoms with van der Waals surface area (Å²) >= 11 is 0. The lowest BCUT2D eigenvalue weighted by atomic mass is 10.1. The highest BCUT2D eigenvalue weighted by atomic mass is 16.5. The van der Waals surface area contributed by atoms with Gasteiger partial charge in [-0.2, -0.15) is 0 Å². The summed E-state index contributed by atoms with van der Waals surface area (Å²) < 4.78 is 5.29. The molecule has 62 valence electrons. The lowest BCUT2D eigenvalue weighted by molar-refractivity contribution is 0.284. The first-order valence-electron chi connectivity index (χ1n) is 4.03. The van der Waals surface area contributed by atoms with Crippen molar-refractivity contribution >= 4 is 11.6 Å². The molecule has 0 bridgehead atoms. The molecule has 1 aliphatic heterocycles. The van der Waals surface area contributed by atoms with E-state index in [-0.39, 0.29) is 0 Å². The van der Waals surface area contributed by atoms with Gasteiger partial charge in [0.05, 0.1) is 5.69 Å². The maximum absolute atomic E-state index is 5.29. The van der Waals surface area contributed by atoms with Crippen LogP contribution in [0.25, 0.3) is 0 Å². The molecule has 2 nitrogen and oxygen atoms in total. The summed E-state index contributed by atoms with van der Waals surface area (Å²) in [5.41, 5.74) is 3.47. The van der Waals surface area contributed by atoms with Gasteiger partial charge in [-0.3, -0.25) is 0 Å². The quantitative estimate of drug-likeness (QED) is 0.573. The van der Waals surface area contributed by atoms with Gasteiger partial charge in [-0.15, -0.1) is 0 Å². The number of hydrogen-bond acceptors (Lipinski definition) is 2. The Balaban J connectivity index is 2.53. The van der Waals surface area contributed by atoms with Crippen molar-refractivity contribution in [3.8, 4) is 0 Å². The minimum atomic E-state index is 0.658. The molecule has 0 amide bonds. The second-order valence-corrected chi connectivity index (χ2v) is 3.05. The van der Waals surface area contributed by atoms with E-state index in [9.17, 15) is 0 Å². The molecule has 0 atom stereocenters. The molecule has 0 fully saturated rings. The summed E-state index contributed by atoms with van der Waals surface area (Å²) in [4.78, 5) is 4.30. The fourth-order valence-corrected chi connectivity index (χ4v) is 1.28. The minimum absolute atomic E-state index is 0.658. The lowest BCUT2D eigenvalue weighted by Gasteiger charge is -2.14. The number of aryl methyl sites for hydroxylation is 1. The molecule has 0 saturated heterocycles. The Kier molecular flexibility index (Phi) is 1.61. The zero-order chi connectivity index (χ0) is 8.55. The number of benzene rings is 1. The van der Waals surface area contributed by atoms with Gasteiger partial charge in [0.2, 0.25) is 0 Å². The SMILES string of the molecule is CC1=Nc2cc(C)ccc2CO1. The Morgan fingerprint density at radius 2 is 2.17 bits per heavy atom. The molecule has 1 aromatic carbocycles. The summed E-state index contributed by atoms with van der Waals surface area (Å²) in [7, 11) is 0. The third-order valence-corrected chi connectivity index (χ3v) is 1.96. The largest absolute Gasteiger partial charge is 0.476 e. The first kappa shape index (κ1) is 7.35. The molecule has 1 aromatic rings. The minimum Gasteiger partial charge on any atom is -0.476 e. The molecule has 0 aromatic heterocycles. The van der Waals surface area contributed by atoms with E-state index >= 15 is 0 Å². The van der Waals surface area contributed by atoms with Gasteiger partial charge < -0.3 is 4.74 Å². The van der Waals surface area contributed by atoms with E-state index in [0.717, 1.165) is 11.6 Å². The Hall–Kier alpha value is -1.31. The van der Waals surface area contributed by atoms with Crippen LogP contribution >= 0.6 is 0 Å². The van der Waals surface area contributed by atoms with Crippen molar-refractivity contribution < 1.29 is 4.74 Å². The molecule has 1 heterocycles. The van der Waals surface area contributed by atoms with Gasteiger partial charge in [0, 0.05) is 12.5 Å². The van der Waals surface area contributed by atoms with Crippen LogP contribution in [0.1, 0.15) is 18.1 Å². The van der Waals surface area contributed by atoms with Gasteiger partial charge in [0.1, 0.15) is 6.61 Å². The number of nitrogens with zero attached hydrogens (tertiary/aromatic N) is 1. The fraction of sp³-hybridized carbons (Fsp3) is 0.300. The summed E-state index contributed by atoms with van der Waals surface area (Å²) in [6.45, 7) is 4.61. The van der Waals surface area contributed by atoms with E-state index in [2.05, 4.69) is 30.1 Å². The molecule has 0 unspecified atom stereocenters. The number of hydrogen-bond donors (Lipinski definition) is 0. The van der Waals surface area contributed by atoms with Gasteiger partial charge in [0.25, 0.3) is 0 Å². The zero-order valence-electron chi connectivity index (χ0n) is 7.29. The third-order valence-electron chi connectivity index (χ3n) is 1.96. The Labute approximate surface area is 71.9 Å². The van der Waals surface area contributed by atoms with Crippen molar-refractivity contribution in [2.45, 2.75) is 20.5 Å². The lowest BCUT2D eigenvalue weighted by Crippen LogP contribution is -2.05. The second kappa shape index (κ2) is 2.63. The summed E-state index contributed by atoms with van der Waals surface area (Å²) in [5, 5.41) is 0. The van der Waals surface area contributed by atoms with Crippen LogP contribution in [0.5, 0.6) is 0 Å². The zero-order valence-corrected chi connectivity index (χ0v) is 7.29. The van der Waals surface area contributed by atoms with Crippen molar-refractivity contribution in [2.24, 2.45) is 4.99 Å². The summed E-state index contributed by atoms with van der Waals surface area (Å²) in [5.74, 6) is 0.758. The molecular formula is C10H11NO. The average Bonchev–Trinajstić information content (AvgIpc) is 2.03. The molecular weight excluding hydrogens is 150 g/mol. The van der Waals surface area contributed by atoms with Gasteiger partial charge in [-0.25, -0.2) is 4.99 Å². The Morgan fingerprint density at radius 1 is 1.33 bits per heavy atom. The molecule has 12 heavy (non-hydrogen) atoms. The van der Waals surface area contributed by atoms with E-state index in [0.29, 0.717) is 6.61 Å². The highest BCUT2D eigenvalue weighted by Crippen LogP contribution is 2.25. The maximum Gasteiger partial charge on any atom is 0.185 e. The van der Waals surface area contributed by atoms with E-state index in [1.807, 2.05) is 6.92 Å².